The average Bonchev–Trinajstić information content (AvgIpc) is 3.46. The number of nitrogens with one attached hydrogen (secondary N) is 2. The van der Waals surface area contributed by atoms with E-state index in [-0.39, 0.29) is 11.8 Å². The van der Waals surface area contributed by atoms with Gasteiger partial charge in [0.25, 0.3) is 11.8 Å². The van der Waals surface area contributed by atoms with Crippen LogP contribution >= 0.6 is 23.1 Å². The molecule has 1 fully saturated rings. The first-order valence-corrected chi connectivity index (χ1v) is 11.3. The fraction of sp³-hybridized carbons (Fsp3) is 0.238. The SMILES string of the molecule is O=C(Nc1nnc(SCc2ccccc2)s1)c1cccc(NC(=O)C2CCCO2)c1. The van der Waals surface area contributed by atoms with E-state index >= 15 is 0 Å². The summed E-state index contributed by atoms with van der Waals surface area (Å²) < 4.78 is 6.17. The molecule has 0 radical (unpaired) electrons. The topological polar surface area (TPSA) is 93.2 Å². The van der Waals surface area contributed by atoms with E-state index in [0.717, 1.165) is 16.5 Å². The van der Waals surface area contributed by atoms with Gasteiger partial charge in [-0.25, -0.2) is 0 Å². The molecular formula is C21H20N4O3S2. The molecule has 1 aromatic heterocycles. The lowest BCUT2D eigenvalue weighted by atomic mass is 10.1. The molecule has 1 aliphatic heterocycles. The normalized spacial score (nSPS) is 15.7. The summed E-state index contributed by atoms with van der Waals surface area (Å²) in [5, 5.41) is 14.2. The molecule has 2 amide bonds. The van der Waals surface area contributed by atoms with Crippen molar-refractivity contribution in [3.8, 4) is 0 Å². The van der Waals surface area contributed by atoms with Gasteiger partial charge in [0.2, 0.25) is 5.13 Å². The molecule has 3 aromatic rings. The molecule has 1 saturated heterocycles. The van der Waals surface area contributed by atoms with E-state index < -0.39 is 6.10 Å². The van der Waals surface area contributed by atoms with Gasteiger partial charge in [-0.05, 0) is 36.6 Å². The molecular weight excluding hydrogens is 420 g/mol. The van der Waals surface area contributed by atoms with Crippen molar-refractivity contribution in [3.05, 3.63) is 65.7 Å². The van der Waals surface area contributed by atoms with Gasteiger partial charge in [-0.15, -0.1) is 10.2 Å². The summed E-state index contributed by atoms with van der Waals surface area (Å²) in [6.45, 7) is 0.605. The quantitative estimate of drug-likeness (QED) is 0.422. The van der Waals surface area contributed by atoms with E-state index in [1.165, 1.54) is 16.9 Å². The highest BCUT2D eigenvalue weighted by atomic mass is 32.2. The first kappa shape index (κ1) is 20.5. The summed E-state index contributed by atoms with van der Waals surface area (Å²) >= 11 is 2.90. The maximum absolute atomic E-state index is 12.6. The van der Waals surface area contributed by atoms with E-state index in [2.05, 4.69) is 33.0 Å². The third kappa shape index (κ3) is 5.44. The number of ether oxygens (including phenoxy) is 1. The lowest BCUT2D eigenvalue weighted by Gasteiger charge is -2.11. The van der Waals surface area contributed by atoms with Crippen LogP contribution in [0.25, 0.3) is 0 Å². The van der Waals surface area contributed by atoms with Crippen LogP contribution in [0.4, 0.5) is 10.8 Å². The second kappa shape index (κ2) is 9.84. The number of hydrogen-bond acceptors (Lipinski definition) is 7. The van der Waals surface area contributed by atoms with Crippen LogP contribution in [0.3, 0.4) is 0 Å². The Labute approximate surface area is 182 Å². The summed E-state index contributed by atoms with van der Waals surface area (Å²) in [5.41, 5.74) is 2.18. The minimum absolute atomic E-state index is 0.186. The molecule has 2 N–H and O–H groups in total. The van der Waals surface area contributed by atoms with Crippen LogP contribution in [-0.4, -0.2) is 34.7 Å². The van der Waals surface area contributed by atoms with Crippen LogP contribution in [0.5, 0.6) is 0 Å². The van der Waals surface area contributed by atoms with E-state index in [1.807, 2.05) is 18.2 Å². The standard InChI is InChI=1S/C21H20N4O3S2/c26-18(15-8-4-9-16(12-15)22-19(27)17-10-5-11-28-17)23-20-24-25-21(30-20)29-13-14-6-2-1-3-7-14/h1-4,6-9,12,17H,5,10-11,13H2,(H,22,27)(H,23,24,26). The van der Waals surface area contributed by atoms with Gasteiger partial charge in [-0.3, -0.25) is 14.9 Å². The Morgan fingerprint density at radius 1 is 1.10 bits per heavy atom. The molecule has 2 aromatic carbocycles. The van der Waals surface area contributed by atoms with Crippen LogP contribution in [0.2, 0.25) is 0 Å². The minimum Gasteiger partial charge on any atom is -0.368 e. The maximum Gasteiger partial charge on any atom is 0.257 e. The van der Waals surface area contributed by atoms with Gasteiger partial charge in [0.15, 0.2) is 4.34 Å². The van der Waals surface area contributed by atoms with Crippen molar-refractivity contribution in [1.82, 2.24) is 10.2 Å². The van der Waals surface area contributed by atoms with Crippen molar-refractivity contribution in [2.45, 2.75) is 29.0 Å². The Bertz CT molecular complexity index is 1020. The van der Waals surface area contributed by atoms with Crippen LogP contribution < -0.4 is 10.6 Å². The van der Waals surface area contributed by atoms with E-state index in [4.69, 9.17) is 4.74 Å². The number of amides is 2. The molecule has 154 valence electrons. The van der Waals surface area contributed by atoms with Gasteiger partial charge in [-0.1, -0.05) is 59.5 Å². The molecule has 0 bridgehead atoms. The Balaban J connectivity index is 1.33. The van der Waals surface area contributed by atoms with Crippen molar-refractivity contribution in [2.75, 3.05) is 17.2 Å². The molecule has 0 aliphatic carbocycles. The number of anilines is 2. The molecule has 0 spiro atoms. The van der Waals surface area contributed by atoms with Crippen molar-refractivity contribution in [3.63, 3.8) is 0 Å². The number of thioether (sulfide) groups is 1. The summed E-state index contributed by atoms with van der Waals surface area (Å²) in [5.74, 6) is 0.295. The second-order valence-electron chi connectivity index (χ2n) is 6.67. The van der Waals surface area contributed by atoms with E-state index in [9.17, 15) is 9.59 Å². The smallest absolute Gasteiger partial charge is 0.257 e. The summed E-state index contributed by atoms with van der Waals surface area (Å²) in [6.07, 6.45) is 1.18. The minimum atomic E-state index is -0.421. The predicted molar refractivity (Wildman–Crippen MR) is 118 cm³/mol. The fourth-order valence-corrected chi connectivity index (χ4v) is 4.66. The van der Waals surface area contributed by atoms with Gasteiger partial charge >= 0.3 is 0 Å². The Hall–Kier alpha value is -2.75. The van der Waals surface area contributed by atoms with Crippen molar-refractivity contribution in [1.29, 1.82) is 0 Å². The average molecular weight is 441 g/mol. The number of rotatable bonds is 7. The van der Waals surface area contributed by atoms with E-state index in [0.29, 0.717) is 29.4 Å². The van der Waals surface area contributed by atoms with Gasteiger partial charge in [0, 0.05) is 23.6 Å². The molecule has 4 rings (SSSR count). The Kier molecular flexibility index (Phi) is 6.73. The largest absolute Gasteiger partial charge is 0.368 e. The van der Waals surface area contributed by atoms with Crippen LogP contribution in [0.1, 0.15) is 28.8 Å². The van der Waals surface area contributed by atoms with Crippen molar-refractivity contribution < 1.29 is 14.3 Å². The van der Waals surface area contributed by atoms with Crippen LogP contribution in [0.15, 0.2) is 58.9 Å². The lowest BCUT2D eigenvalue weighted by Crippen LogP contribution is -2.27. The zero-order chi connectivity index (χ0) is 20.8. The van der Waals surface area contributed by atoms with E-state index in [1.54, 1.807) is 36.0 Å². The summed E-state index contributed by atoms with van der Waals surface area (Å²) in [6, 6.07) is 16.9. The molecule has 9 heteroatoms. The highest BCUT2D eigenvalue weighted by Gasteiger charge is 2.23. The number of hydrogen-bond donors (Lipinski definition) is 2. The molecule has 1 unspecified atom stereocenters. The monoisotopic (exact) mass is 440 g/mol. The van der Waals surface area contributed by atoms with Gasteiger partial charge < -0.3 is 10.1 Å². The highest BCUT2D eigenvalue weighted by molar-refractivity contribution is 8.00. The molecule has 7 nitrogen and oxygen atoms in total. The number of nitrogens with zero attached hydrogens (tertiary/aromatic N) is 2. The Morgan fingerprint density at radius 3 is 2.77 bits per heavy atom. The fourth-order valence-electron chi connectivity index (χ4n) is 2.95. The number of aromatic nitrogens is 2. The van der Waals surface area contributed by atoms with Crippen LogP contribution in [0, 0.1) is 0 Å². The number of carbonyl (C=O) groups excluding carboxylic acids is 2. The Morgan fingerprint density at radius 2 is 1.97 bits per heavy atom. The van der Waals surface area contributed by atoms with Crippen LogP contribution in [-0.2, 0) is 15.3 Å². The van der Waals surface area contributed by atoms with Crippen molar-refractivity contribution in [2.24, 2.45) is 0 Å². The zero-order valence-electron chi connectivity index (χ0n) is 16.0. The zero-order valence-corrected chi connectivity index (χ0v) is 17.7. The first-order chi connectivity index (χ1) is 14.7. The number of benzene rings is 2. The molecule has 2 heterocycles. The summed E-state index contributed by atoms with van der Waals surface area (Å²) in [4.78, 5) is 24.8. The first-order valence-electron chi connectivity index (χ1n) is 9.51. The predicted octanol–water partition coefficient (Wildman–Crippen LogP) is 4.20. The highest BCUT2D eigenvalue weighted by Crippen LogP contribution is 2.28. The molecule has 1 atom stereocenters. The van der Waals surface area contributed by atoms with Crippen molar-refractivity contribution >= 4 is 45.7 Å². The van der Waals surface area contributed by atoms with Gasteiger partial charge in [0.05, 0.1) is 0 Å². The summed E-state index contributed by atoms with van der Waals surface area (Å²) in [7, 11) is 0. The molecule has 30 heavy (non-hydrogen) atoms. The second-order valence-corrected chi connectivity index (χ2v) is 8.87. The molecule has 0 saturated carbocycles. The third-order valence-corrected chi connectivity index (χ3v) is 6.49. The lowest BCUT2D eigenvalue weighted by molar-refractivity contribution is -0.124. The van der Waals surface area contributed by atoms with Gasteiger partial charge in [-0.2, -0.15) is 0 Å². The third-order valence-electron chi connectivity index (χ3n) is 4.45. The molecule has 1 aliphatic rings. The maximum atomic E-state index is 12.6. The van der Waals surface area contributed by atoms with Gasteiger partial charge in [0.1, 0.15) is 6.10 Å². The number of carbonyl (C=O) groups is 2.